The van der Waals surface area contributed by atoms with Gasteiger partial charge in [0.25, 0.3) is 15.7 Å². The highest BCUT2D eigenvalue weighted by Gasteiger charge is 2.25. The molecule has 0 aliphatic heterocycles. The van der Waals surface area contributed by atoms with E-state index in [0.717, 1.165) is 6.07 Å². The lowest BCUT2D eigenvalue weighted by Gasteiger charge is -2.03. The second-order valence-corrected chi connectivity index (χ2v) is 6.78. The Bertz CT molecular complexity index is 716. The van der Waals surface area contributed by atoms with Crippen LogP contribution in [0.15, 0.2) is 29.0 Å². The molecule has 2 heterocycles. The summed E-state index contributed by atoms with van der Waals surface area (Å²) in [5.41, 5.74) is -0.300. The fraction of sp³-hybridized carbons (Fsp3) is 0. The highest BCUT2D eigenvalue weighted by atomic mass is 35.5. The molecule has 0 radical (unpaired) electrons. The normalized spacial score (nSPS) is 11.2. The lowest BCUT2D eigenvalue weighted by Crippen LogP contribution is -2.11. The van der Waals surface area contributed by atoms with Gasteiger partial charge in [-0.3, -0.25) is 14.8 Å². The maximum absolute atomic E-state index is 12.0. The van der Waals surface area contributed by atoms with Gasteiger partial charge in [-0.05, 0) is 0 Å². The maximum atomic E-state index is 12.0. The van der Waals surface area contributed by atoms with Crippen LogP contribution >= 0.6 is 22.9 Å². The van der Waals surface area contributed by atoms with Crippen LogP contribution in [-0.4, -0.2) is 23.3 Å². The second kappa shape index (κ2) is 5.07. The lowest BCUT2D eigenvalue weighted by atomic mass is 10.6. The summed E-state index contributed by atoms with van der Waals surface area (Å²) in [6.07, 6.45) is 3.76. The molecule has 19 heavy (non-hydrogen) atoms. The zero-order valence-electron chi connectivity index (χ0n) is 8.98. The van der Waals surface area contributed by atoms with Gasteiger partial charge in [-0.2, -0.15) is 0 Å². The van der Waals surface area contributed by atoms with Crippen LogP contribution in [0, 0.1) is 10.1 Å². The number of nitrogens with zero attached hydrogens (tertiary/aromatic N) is 3. The summed E-state index contributed by atoms with van der Waals surface area (Å²) in [4.78, 5) is 17.2. The molecule has 0 saturated heterocycles. The van der Waals surface area contributed by atoms with Crippen molar-refractivity contribution in [3.05, 3.63) is 39.2 Å². The summed E-state index contributed by atoms with van der Waals surface area (Å²) in [6.45, 7) is 0. The average Bonchev–Trinajstić information content (AvgIpc) is 2.73. The molecule has 0 aliphatic carbocycles. The van der Waals surface area contributed by atoms with Crippen LogP contribution in [0.4, 0.5) is 11.4 Å². The molecule has 11 heteroatoms. The van der Waals surface area contributed by atoms with Crippen LogP contribution < -0.4 is 4.72 Å². The minimum Gasteiger partial charge on any atom is -0.276 e. The standard InChI is InChI=1S/C8H5ClN4O4S2/c9-8-6(13(14)15)1-7(18-8)19(16,17)12-5-2-10-4-11-3-5/h1-4,12H. The van der Waals surface area contributed by atoms with E-state index in [1.54, 1.807) is 0 Å². The number of sulfonamides is 1. The third-order valence-corrected chi connectivity index (χ3v) is 5.11. The van der Waals surface area contributed by atoms with Crippen molar-refractivity contribution < 1.29 is 13.3 Å². The van der Waals surface area contributed by atoms with Gasteiger partial charge in [-0.1, -0.05) is 11.6 Å². The molecule has 0 atom stereocenters. The zero-order chi connectivity index (χ0) is 14.0. The van der Waals surface area contributed by atoms with Crippen molar-refractivity contribution in [3.63, 3.8) is 0 Å². The van der Waals surface area contributed by atoms with Crippen molar-refractivity contribution in [2.45, 2.75) is 4.21 Å². The first kappa shape index (κ1) is 13.6. The third kappa shape index (κ3) is 2.97. The number of anilines is 1. The molecular formula is C8H5ClN4O4S2. The van der Waals surface area contributed by atoms with E-state index >= 15 is 0 Å². The van der Waals surface area contributed by atoms with Crippen LogP contribution in [0.1, 0.15) is 0 Å². The molecule has 0 fully saturated rings. The van der Waals surface area contributed by atoms with E-state index < -0.39 is 20.6 Å². The molecule has 2 aromatic heterocycles. The molecule has 0 saturated carbocycles. The Balaban J connectivity index is 2.35. The lowest BCUT2D eigenvalue weighted by molar-refractivity contribution is -0.384. The number of hydrogen-bond acceptors (Lipinski definition) is 7. The van der Waals surface area contributed by atoms with E-state index in [9.17, 15) is 18.5 Å². The summed E-state index contributed by atoms with van der Waals surface area (Å²) >= 11 is 6.21. The molecule has 100 valence electrons. The number of rotatable bonds is 4. The van der Waals surface area contributed by atoms with Gasteiger partial charge in [-0.25, -0.2) is 18.4 Å². The van der Waals surface area contributed by atoms with E-state index in [1.807, 2.05) is 0 Å². The molecule has 0 amide bonds. The Kier molecular flexibility index (Phi) is 3.64. The van der Waals surface area contributed by atoms with Gasteiger partial charge < -0.3 is 0 Å². The number of hydrogen-bond donors (Lipinski definition) is 1. The highest BCUT2D eigenvalue weighted by molar-refractivity contribution is 7.94. The number of nitro groups is 1. The fourth-order valence-corrected chi connectivity index (χ4v) is 3.84. The smallest absolute Gasteiger partial charge is 0.276 e. The third-order valence-electron chi connectivity index (χ3n) is 1.92. The zero-order valence-corrected chi connectivity index (χ0v) is 11.4. The first-order valence-electron chi connectivity index (χ1n) is 4.62. The van der Waals surface area contributed by atoms with Crippen molar-refractivity contribution in [1.82, 2.24) is 9.97 Å². The summed E-state index contributed by atoms with van der Waals surface area (Å²) in [6, 6.07) is 0.902. The predicted octanol–water partition coefficient (Wildman–Crippen LogP) is 1.90. The van der Waals surface area contributed by atoms with Gasteiger partial charge in [-0.15, -0.1) is 11.3 Å². The fourth-order valence-electron chi connectivity index (χ4n) is 1.15. The molecule has 0 bridgehead atoms. The van der Waals surface area contributed by atoms with Crippen LogP contribution in [0.3, 0.4) is 0 Å². The van der Waals surface area contributed by atoms with Gasteiger partial charge in [0.1, 0.15) is 10.5 Å². The first-order chi connectivity index (χ1) is 8.90. The molecule has 0 aliphatic rings. The second-order valence-electron chi connectivity index (χ2n) is 3.21. The number of halogens is 1. The Morgan fingerprint density at radius 1 is 1.37 bits per heavy atom. The highest BCUT2D eigenvalue weighted by Crippen LogP contribution is 2.36. The molecule has 1 N–H and O–H groups in total. The molecule has 0 spiro atoms. The van der Waals surface area contributed by atoms with Crippen LogP contribution in [0.2, 0.25) is 4.34 Å². The molecular weight excluding hydrogens is 316 g/mol. The molecule has 2 aromatic rings. The van der Waals surface area contributed by atoms with Crippen molar-refractivity contribution in [3.8, 4) is 0 Å². The van der Waals surface area contributed by atoms with E-state index in [1.165, 1.54) is 18.7 Å². The van der Waals surface area contributed by atoms with Crippen molar-refractivity contribution >= 4 is 44.3 Å². The molecule has 0 aromatic carbocycles. The van der Waals surface area contributed by atoms with Gasteiger partial charge >= 0.3 is 0 Å². The van der Waals surface area contributed by atoms with E-state index in [0.29, 0.717) is 11.3 Å². The SMILES string of the molecule is O=[N+]([O-])c1cc(S(=O)(=O)Nc2cncnc2)sc1Cl. The summed E-state index contributed by atoms with van der Waals surface area (Å²) < 4.78 is 25.6. The van der Waals surface area contributed by atoms with E-state index in [-0.39, 0.29) is 14.2 Å². The Hall–Kier alpha value is -1.78. The monoisotopic (exact) mass is 320 g/mol. The van der Waals surface area contributed by atoms with Gasteiger partial charge in [0, 0.05) is 6.07 Å². The first-order valence-corrected chi connectivity index (χ1v) is 7.29. The summed E-state index contributed by atoms with van der Waals surface area (Å²) in [7, 11) is -3.95. The van der Waals surface area contributed by atoms with E-state index in [4.69, 9.17) is 11.6 Å². The van der Waals surface area contributed by atoms with Crippen molar-refractivity contribution in [2.24, 2.45) is 0 Å². The quantitative estimate of drug-likeness (QED) is 0.679. The van der Waals surface area contributed by atoms with Gasteiger partial charge in [0.15, 0.2) is 4.34 Å². The molecule has 0 unspecified atom stereocenters. The van der Waals surface area contributed by atoms with Gasteiger partial charge in [0.05, 0.1) is 23.0 Å². The Morgan fingerprint density at radius 2 is 2.00 bits per heavy atom. The number of aromatic nitrogens is 2. The number of nitrogens with one attached hydrogen (secondary N) is 1. The van der Waals surface area contributed by atoms with E-state index in [2.05, 4.69) is 14.7 Å². The topological polar surface area (TPSA) is 115 Å². The van der Waals surface area contributed by atoms with Crippen molar-refractivity contribution in [2.75, 3.05) is 4.72 Å². The summed E-state index contributed by atoms with van der Waals surface area (Å²) in [5, 5.41) is 10.6. The maximum Gasteiger partial charge on any atom is 0.300 e. The Labute approximate surface area is 116 Å². The molecule has 2 rings (SSSR count). The minimum atomic E-state index is -3.95. The van der Waals surface area contributed by atoms with Gasteiger partial charge in [0.2, 0.25) is 0 Å². The largest absolute Gasteiger partial charge is 0.300 e. The van der Waals surface area contributed by atoms with Crippen LogP contribution in [0.25, 0.3) is 0 Å². The Morgan fingerprint density at radius 3 is 2.53 bits per heavy atom. The van der Waals surface area contributed by atoms with Crippen LogP contribution in [0.5, 0.6) is 0 Å². The molecule has 8 nitrogen and oxygen atoms in total. The van der Waals surface area contributed by atoms with Crippen LogP contribution in [-0.2, 0) is 10.0 Å². The minimum absolute atomic E-state index is 0.148. The number of thiophene rings is 1. The predicted molar refractivity (Wildman–Crippen MR) is 68.8 cm³/mol. The summed E-state index contributed by atoms with van der Waals surface area (Å²) in [5.74, 6) is 0. The average molecular weight is 321 g/mol. The van der Waals surface area contributed by atoms with Crippen molar-refractivity contribution in [1.29, 1.82) is 0 Å².